The summed E-state index contributed by atoms with van der Waals surface area (Å²) in [5.41, 5.74) is 1.77. The van der Waals surface area contributed by atoms with Gasteiger partial charge in [-0.3, -0.25) is 25.1 Å². The molecule has 9 heteroatoms. The molecule has 1 saturated heterocycles. The fourth-order valence-corrected chi connectivity index (χ4v) is 3.26. The maximum Gasteiger partial charge on any atom is 0.299 e. The molecule has 0 bridgehead atoms. The predicted octanol–water partition coefficient (Wildman–Crippen LogP) is 3.34. The smallest absolute Gasteiger partial charge is 0.299 e. The predicted molar refractivity (Wildman–Crippen MR) is 104 cm³/mol. The highest BCUT2D eigenvalue weighted by molar-refractivity contribution is 5.65. The molecule has 3 rings (SSSR count). The molecule has 1 N–H and O–H groups in total. The van der Waals surface area contributed by atoms with Crippen molar-refractivity contribution in [1.82, 2.24) is 4.90 Å². The maximum absolute atomic E-state index is 11.2. The number of nitro groups is 2. The number of rotatable bonds is 7. The Labute approximate surface area is 162 Å². The molecule has 0 spiro atoms. The van der Waals surface area contributed by atoms with E-state index in [4.69, 9.17) is 4.74 Å². The van der Waals surface area contributed by atoms with Crippen molar-refractivity contribution in [2.45, 2.75) is 26.1 Å². The van der Waals surface area contributed by atoms with Crippen LogP contribution in [0, 0.1) is 20.2 Å². The number of nitrogens with zero attached hydrogens (tertiary/aromatic N) is 3. The van der Waals surface area contributed by atoms with Crippen LogP contribution in [0.1, 0.15) is 18.1 Å². The Morgan fingerprint density at radius 1 is 1.14 bits per heavy atom. The summed E-state index contributed by atoms with van der Waals surface area (Å²) in [7, 11) is 0. The van der Waals surface area contributed by atoms with Gasteiger partial charge >= 0.3 is 0 Å². The van der Waals surface area contributed by atoms with E-state index in [0.29, 0.717) is 6.54 Å². The van der Waals surface area contributed by atoms with Gasteiger partial charge in [0.1, 0.15) is 5.69 Å². The van der Waals surface area contributed by atoms with Crippen LogP contribution >= 0.6 is 0 Å². The molecule has 2 aromatic carbocycles. The number of hydrogen-bond donors (Lipinski definition) is 1. The van der Waals surface area contributed by atoms with Crippen molar-refractivity contribution in [1.29, 1.82) is 0 Å². The molecule has 0 aliphatic carbocycles. The minimum absolute atomic E-state index is 0.223. The number of ether oxygens (including phenoxy) is 1. The quantitative estimate of drug-likeness (QED) is 0.574. The second kappa shape index (κ2) is 8.77. The molecule has 0 saturated carbocycles. The highest BCUT2D eigenvalue weighted by Gasteiger charge is 2.19. The van der Waals surface area contributed by atoms with Crippen LogP contribution in [0.4, 0.5) is 17.1 Å². The van der Waals surface area contributed by atoms with Gasteiger partial charge in [0, 0.05) is 32.2 Å². The van der Waals surface area contributed by atoms with E-state index in [9.17, 15) is 20.2 Å². The van der Waals surface area contributed by atoms with Crippen molar-refractivity contribution in [2.24, 2.45) is 0 Å². The van der Waals surface area contributed by atoms with E-state index in [1.165, 1.54) is 12.1 Å². The summed E-state index contributed by atoms with van der Waals surface area (Å²) >= 11 is 0. The molecule has 2 aromatic rings. The summed E-state index contributed by atoms with van der Waals surface area (Å²) in [4.78, 5) is 23.1. The van der Waals surface area contributed by atoms with Crippen molar-refractivity contribution < 1.29 is 14.6 Å². The second-order valence-electron chi connectivity index (χ2n) is 6.81. The number of anilines is 1. The first kappa shape index (κ1) is 19.7. The normalized spacial score (nSPS) is 17.2. The fourth-order valence-electron chi connectivity index (χ4n) is 3.26. The van der Waals surface area contributed by atoms with Crippen LogP contribution in [-0.4, -0.2) is 40.5 Å². The summed E-state index contributed by atoms with van der Waals surface area (Å²) in [5.74, 6) is 0. The average Bonchev–Trinajstić information content (AvgIpc) is 2.66. The Balaban J connectivity index is 1.68. The summed E-state index contributed by atoms with van der Waals surface area (Å²) in [6, 6.07) is 11.6. The van der Waals surface area contributed by atoms with Crippen LogP contribution in [0.2, 0.25) is 0 Å². The molecule has 1 unspecified atom stereocenters. The summed E-state index contributed by atoms with van der Waals surface area (Å²) in [5, 5.41) is 25.1. The van der Waals surface area contributed by atoms with Gasteiger partial charge < -0.3 is 10.1 Å². The number of benzene rings is 2. The minimum atomic E-state index is -0.646. The van der Waals surface area contributed by atoms with Crippen molar-refractivity contribution in [3.63, 3.8) is 0 Å². The van der Waals surface area contributed by atoms with Crippen molar-refractivity contribution in [3.8, 4) is 0 Å². The lowest BCUT2D eigenvalue weighted by atomic mass is 10.1. The summed E-state index contributed by atoms with van der Waals surface area (Å²) < 4.78 is 5.56. The van der Waals surface area contributed by atoms with Crippen LogP contribution in [0.25, 0.3) is 0 Å². The van der Waals surface area contributed by atoms with Gasteiger partial charge in [0.25, 0.3) is 11.4 Å². The van der Waals surface area contributed by atoms with Gasteiger partial charge in [-0.05, 0) is 24.1 Å². The van der Waals surface area contributed by atoms with Crippen LogP contribution in [0.3, 0.4) is 0 Å². The van der Waals surface area contributed by atoms with E-state index in [2.05, 4.69) is 29.3 Å². The van der Waals surface area contributed by atoms with Gasteiger partial charge in [0.15, 0.2) is 0 Å². The molecule has 28 heavy (non-hydrogen) atoms. The molecule has 148 valence electrons. The van der Waals surface area contributed by atoms with Crippen LogP contribution in [0.15, 0.2) is 42.5 Å². The van der Waals surface area contributed by atoms with Crippen molar-refractivity contribution in [3.05, 3.63) is 73.8 Å². The molecular weight excluding hydrogens is 364 g/mol. The monoisotopic (exact) mass is 386 g/mol. The first-order valence-corrected chi connectivity index (χ1v) is 9.01. The lowest BCUT2D eigenvalue weighted by Crippen LogP contribution is -2.40. The standard InChI is InChI=1S/C19H22N4O5/c1-14-12-21(7-8-28-14)13-16-4-2-3-15(9-16)11-20-18-6-5-17(22(24)25)10-19(18)23(26)27/h2-6,9-10,14,20H,7-8,11-13H2,1H3. The van der Waals surface area contributed by atoms with Crippen molar-refractivity contribution in [2.75, 3.05) is 25.0 Å². The van der Waals surface area contributed by atoms with Gasteiger partial charge in [-0.15, -0.1) is 0 Å². The zero-order valence-corrected chi connectivity index (χ0v) is 15.5. The zero-order valence-electron chi connectivity index (χ0n) is 15.5. The molecule has 0 aromatic heterocycles. The molecular formula is C19H22N4O5. The average molecular weight is 386 g/mol. The Morgan fingerprint density at radius 2 is 1.93 bits per heavy atom. The summed E-state index contributed by atoms with van der Waals surface area (Å²) in [6.07, 6.45) is 0.223. The Bertz CT molecular complexity index is 873. The topological polar surface area (TPSA) is 111 Å². The third kappa shape index (κ3) is 5.02. The van der Waals surface area contributed by atoms with E-state index < -0.39 is 9.85 Å². The molecule has 1 fully saturated rings. The van der Waals surface area contributed by atoms with Gasteiger partial charge in [-0.1, -0.05) is 24.3 Å². The molecule has 1 aliphatic rings. The number of non-ortho nitro benzene ring substituents is 1. The summed E-state index contributed by atoms with van der Waals surface area (Å²) in [6.45, 7) is 5.76. The number of hydrogen-bond acceptors (Lipinski definition) is 7. The highest BCUT2D eigenvalue weighted by Crippen LogP contribution is 2.29. The molecule has 1 atom stereocenters. The van der Waals surface area contributed by atoms with Crippen LogP contribution < -0.4 is 5.32 Å². The molecule has 9 nitrogen and oxygen atoms in total. The third-order valence-electron chi connectivity index (χ3n) is 4.59. The Morgan fingerprint density at radius 3 is 2.64 bits per heavy atom. The number of morpholine rings is 1. The maximum atomic E-state index is 11.2. The fraction of sp³-hybridized carbons (Fsp3) is 0.368. The minimum Gasteiger partial charge on any atom is -0.376 e. The molecule has 0 radical (unpaired) electrons. The SMILES string of the molecule is CC1CN(Cc2cccc(CNc3ccc([N+](=O)[O-])cc3[N+](=O)[O-])c2)CCO1. The van der Waals surface area contributed by atoms with Gasteiger partial charge in [0.2, 0.25) is 0 Å². The van der Waals surface area contributed by atoms with Crippen molar-refractivity contribution >= 4 is 17.1 Å². The number of nitro benzene ring substituents is 2. The largest absolute Gasteiger partial charge is 0.376 e. The van der Waals surface area contributed by atoms with Crippen LogP contribution in [-0.2, 0) is 17.8 Å². The van der Waals surface area contributed by atoms with Gasteiger partial charge in [0.05, 0.1) is 28.6 Å². The van der Waals surface area contributed by atoms with E-state index in [1.54, 1.807) is 0 Å². The lowest BCUT2D eigenvalue weighted by Gasteiger charge is -2.31. The van der Waals surface area contributed by atoms with Gasteiger partial charge in [-0.25, -0.2) is 0 Å². The van der Waals surface area contributed by atoms with E-state index >= 15 is 0 Å². The van der Waals surface area contributed by atoms with Gasteiger partial charge in [-0.2, -0.15) is 0 Å². The van der Waals surface area contributed by atoms with E-state index in [1.807, 2.05) is 12.1 Å². The molecule has 1 heterocycles. The van der Waals surface area contributed by atoms with E-state index in [0.717, 1.165) is 43.4 Å². The zero-order chi connectivity index (χ0) is 20.1. The second-order valence-corrected chi connectivity index (χ2v) is 6.81. The highest BCUT2D eigenvalue weighted by atomic mass is 16.6. The van der Waals surface area contributed by atoms with E-state index in [-0.39, 0.29) is 23.2 Å². The first-order chi connectivity index (χ1) is 13.4. The lowest BCUT2D eigenvalue weighted by molar-refractivity contribution is -0.393. The Kier molecular flexibility index (Phi) is 6.17. The van der Waals surface area contributed by atoms with Crippen LogP contribution in [0.5, 0.6) is 0 Å². The third-order valence-corrected chi connectivity index (χ3v) is 4.59. The molecule has 0 amide bonds. The number of nitrogens with one attached hydrogen (secondary N) is 1. The Hall–Kier alpha value is -3.04. The first-order valence-electron chi connectivity index (χ1n) is 9.01. The molecule has 1 aliphatic heterocycles.